The lowest BCUT2D eigenvalue weighted by Crippen LogP contribution is -2.33. The number of alkyl halides is 2. The van der Waals surface area contributed by atoms with Crippen LogP contribution in [-0.4, -0.2) is 23.6 Å². The van der Waals surface area contributed by atoms with E-state index in [9.17, 15) is 14.9 Å². The van der Waals surface area contributed by atoms with Crippen LogP contribution in [0.25, 0.3) is 16.6 Å². The van der Waals surface area contributed by atoms with Crippen molar-refractivity contribution in [3.05, 3.63) is 105 Å². The predicted octanol–water partition coefficient (Wildman–Crippen LogP) is 4.95. The minimum atomic E-state index is -0.530. The minimum Gasteiger partial charge on any atom is -0.268 e. The summed E-state index contributed by atoms with van der Waals surface area (Å²) in [6.45, 7) is 0. The molecule has 0 aliphatic heterocycles. The van der Waals surface area contributed by atoms with Crippen molar-refractivity contribution in [2.45, 2.75) is 22.0 Å². The SMILES string of the molecule is O=c1c2ccccc2nc(CCC2(Br)C=CC([N+](=O)[O-])=CC2Br)n1-c1ccccc1. The maximum absolute atomic E-state index is 13.3. The molecule has 0 saturated carbocycles. The summed E-state index contributed by atoms with van der Waals surface area (Å²) in [5, 5.41) is 11.6. The molecular formula is C22H17Br2N3O3. The highest BCUT2D eigenvalue weighted by Crippen LogP contribution is 2.39. The van der Waals surface area contributed by atoms with Gasteiger partial charge in [0.15, 0.2) is 0 Å². The van der Waals surface area contributed by atoms with Crippen molar-refractivity contribution in [1.82, 2.24) is 9.55 Å². The third-order valence-electron chi connectivity index (χ3n) is 5.11. The Morgan fingerprint density at radius 2 is 1.83 bits per heavy atom. The number of halogens is 2. The first-order valence-corrected chi connectivity index (χ1v) is 11.0. The summed E-state index contributed by atoms with van der Waals surface area (Å²) < 4.78 is 1.12. The second-order valence-electron chi connectivity index (χ2n) is 7.03. The van der Waals surface area contributed by atoms with Gasteiger partial charge in [-0.25, -0.2) is 4.98 Å². The largest absolute Gasteiger partial charge is 0.268 e. The molecule has 0 bridgehead atoms. The molecule has 2 unspecified atom stereocenters. The summed E-state index contributed by atoms with van der Waals surface area (Å²) >= 11 is 7.27. The van der Waals surface area contributed by atoms with Gasteiger partial charge in [0.1, 0.15) is 5.82 Å². The van der Waals surface area contributed by atoms with Crippen LogP contribution < -0.4 is 5.56 Å². The molecule has 6 nitrogen and oxygen atoms in total. The molecule has 1 aliphatic rings. The van der Waals surface area contributed by atoms with E-state index in [0.29, 0.717) is 29.6 Å². The van der Waals surface area contributed by atoms with Crippen molar-refractivity contribution in [2.75, 3.05) is 0 Å². The zero-order valence-corrected chi connectivity index (χ0v) is 18.9. The molecule has 0 radical (unpaired) electrons. The van der Waals surface area contributed by atoms with Gasteiger partial charge in [0.2, 0.25) is 0 Å². The fourth-order valence-electron chi connectivity index (χ4n) is 3.50. The Morgan fingerprint density at radius 1 is 1.13 bits per heavy atom. The van der Waals surface area contributed by atoms with Gasteiger partial charge in [0.05, 0.1) is 30.7 Å². The van der Waals surface area contributed by atoms with E-state index in [-0.39, 0.29) is 16.1 Å². The Balaban J connectivity index is 1.74. The highest BCUT2D eigenvalue weighted by atomic mass is 79.9. The van der Waals surface area contributed by atoms with Crippen molar-refractivity contribution in [3.63, 3.8) is 0 Å². The van der Waals surface area contributed by atoms with Crippen LogP contribution in [0.2, 0.25) is 0 Å². The minimum absolute atomic E-state index is 0.0528. The average Bonchev–Trinajstić information content (AvgIpc) is 2.75. The Kier molecular flexibility index (Phi) is 5.71. The molecule has 30 heavy (non-hydrogen) atoms. The zero-order chi connectivity index (χ0) is 21.3. The smallest absolute Gasteiger partial charge is 0.266 e. The number of hydrogen-bond donors (Lipinski definition) is 0. The van der Waals surface area contributed by atoms with Crippen molar-refractivity contribution in [3.8, 4) is 5.69 Å². The quantitative estimate of drug-likeness (QED) is 0.266. The van der Waals surface area contributed by atoms with E-state index in [0.717, 1.165) is 5.69 Å². The molecule has 2 aromatic carbocycles. The maximum Gasteiger partial charge on any atom is 0.266 e. The number of aromatic nitrogens is 2. The highest BCUT2D eigenvalue weighted by molar-refractivity contribution is 9.12. The number of nitro groups is 1. The molecule has 3 aromatic rings. The first-order valence-electron chi connectivity index (χ1n) is 9.33. The molecule has 152 valence electrons. The van der Waals surface area contributed by atoms with Gasteiger partial charge in [-0.1, -0.05) is 68.3 Å². The molecule has 0 amide bonds. The van der Waals surface area contributed by atoms with E-state index in [1.54, 1.807) is 22.8 Å². The van der Waals surface area contributed by atoms with Gasteiger partial charge in [0, 0.05) is 18.6 Å². The van der Waals surface area contributed by atoms with Gasteiger partial charge in [-0.15, -0.1) is 0 Å². The zero-order valence-electron chi connectivity index (χ0n) is 15.7. The molecule has 0 fully saturated rings. The fourth-order valence-corrected chi connectivity index (χ4v) is 4.61. The third-order valence-corrected chi connectivity index (χ3v) is 7.96. The Hall–Kier alpha value is -2.58. The lowest BCUT2D eigenvalue weighted by molar-refractivity contribution is -0.419. The van der Waals surface area contributed by atoms with Crippen molar-refractivity contribution in [1.29, 1.82) is 0 Å². The van der Waals surface area contributed by atoms with E-state index < -0.39 is 9.25 Å². The number of hydrogen-bond acceptors (Lipinski definition) is 4. The monoisotopic (exact) mass is 529 g/mol. The van der Waals surface area contributed by atoms with Crippen molar-refractivity contribution >= 4 is 42.8 Å². The topological polar surface area (TPSA) is 78.0 Å². The Labute approximate surface area is 189 Å². The van der Waals surface area contributed by atoms with E-state index in [2.05, 4.69) is 31.9 Å². The molecule has 4 rings (SSSR count). The van der Waals surface area contributed by atoms with Crippen LogP contribution in [-0.2, 0) is 6.42 Å². The first-order chi connectivity index (χ1) is 14.4. The number of rotatable bonds is 5. The summed E-state index contributed by atoms with van der Waals surface area (Å²) in [5.74, 6) is 0.640. The van der Waals surface area contributed by atoms with E-state index in [1.165, 1.54) is 6.08 Å². The molecular weight excluding hydrogens is 514 g/mol. The van der Waals surface area contributed by atoms with E-state index in [4.69, 9.17) is 4.98 Å². The molecule has 0 N–H and O–H groups in total. The third kappa shape index (κ3) is 3.89. The van der Waals surface area contributed by atoms with Crippen LogP contribution in [0.1, 0.15) is 12.2 Å². The number of para-hydroxylation sites is 2. The average molecular weight is 531 g/mol. The van der Waals surface area contributed by atoms with Crippen LogP contribution in [0.4, 0.5) is 0 Å². The number of nitrogens with zero attached hydrogens (tertiary/aromatic N) is 3. The predicted molar refractivity (Wildman–Crippen MR) is 124 cm³/mol. The van der Waals surface area contributed by atoms with Crippen LogP contribution in [0, 0.1) is 10.1 Å². The van der Waals surface area contributed by atoms with Gasteiger partial charge in [-0.2, -0.15) is 0 Å². The molecule has 0 saturated heterocycles. The fraction of sp³-hybridized carbons (Fsp3) is 0.182. The van der Waals surface area contributed by atoms with Gasteiger partial charge < -0.3 is 0 Å². The van der Waals surface area contributed by atoms with E-state index >= 15 is 0 Å². The summed E-state index contributed by atoms with van der Waals surface area (Å²) in [5.41, 5.74) is 1.34. The number of allylic oxidation sites excluding steroid dienone is 3. The van der Waals surface area contributed by atoms with Gasteiger partial charge in [0.25, 0.3) is 11.3 Å². The van der Waals surface area contributed by atoms with Gasteiger partial charge >= 0.3 is 0 Å². The maximum atomic E-state index is 13.3. The van der Waals surface area contributed by atoms with Crippen LogP contribution >= 0.6 is 31.9 Å². The number of aryl methyl sites for hydroxylation is 1. The standard InChI is InChI=1S/C22H17Br2N3O3/c23-19-14-16(27(29)30)10-12-22(19,24)13-11-20-25-18-9-5-4-8-17(18)21(28)26(20)15-6-2-1-3-7-15/h1-10,12,14,19H,11,13H2. The molecule has 2 atom stereocenters. The van der Waals surface area contributed by atoms with Crippen molar-refractivity contribution in [2.24, 2.45) is 0 Å². The molecule has 0 spiro atoms. The molecule has 1 aromatic heterocycles. The summed E-state index contributed by atoms with van der Waals surface area (Å²) in [4.78, 5) is 28.4. The molecule has 1 aliphatic carbocycles. The second-order valence-corrected chi connectivity index (χ2v) is 9.49. The first kappa shape index (κ1) is 20.7. The lowest BCUT2D eigenvalue weighted by Gasteiger charge is -2.29. The van der Waals surface area contributed by atoms with E-state index in [1.807, 2.05) is 48.5 Å². The summed E-state index contributed by atoms with van der Waals surface area (Å²) in [6, 6.07) is 16.7. The van der Waals surface area contributed by atoms with Gasteiger partial charge in [-0.3, -0.25) is 19.5 Å². The summed E-state index contributed by atoms with van der Waals surface area (Å²) in [7, 11) is 0. The van der Waals surface area contributed by atoms with Crippen LogP contribution in [0.5, 0.6) is 0 Å². The van der Waals surface area contributed by atoms with Gasteiger partial charge in [-0.05, 0) is 30.7 Å². The molecule has 1 heterocycles. The highest BCUT2D eigenvalue weighted by Gasteiger charge is 2.36. The number of fused-ring (bicyclic) bond motifs is 1. The van der Waals surface area contributed by atoms with Crippen LogP contribution in [0.3, 0.4) is 0 Å². The number of benzene rings is 2. The normalized spacial score (nSPS) is 20.9. The second kappa shape index (κ2) is 8.28. The van der Waals surface area contributed by atoms with Crippen LogP contribution in [0.15, 0.2) is 83.3 Å². The lowest BCUT2D eigenvalue weighted by atomic mass is 9.94. The summed E-state index contributed by atoms with van der Waals surface area (Å²) in [6.07, 6.45) is 5.95. The Bertz CT molecular complexity index is 1240. The Morgan fingerprint density at radius 3 is 2.53 bits per heavy atom. The molecule has 8 heteroatoms. The van der Waals surface area contributed by atoms with Crippen molar-refractivity contribution < 1.29 is 4.92 Å².